The lowest BCUT2D eigenvalue weighted by Crippen LogP contribution is -3.61. The summed E-state index contributed by atoms with van der Waals surface area (Å²) < 4.78 is 297. The molecule has 0 spiro atoms. The van der Waals surface area contributed by atoms with Gasteiger partial charge in [0.2, 0.25) is 0 Å². The van der Waals surface area contributed by atoms with Gasteiger partial charge in [0.15, 0.2) is 76.9 Å². The maximum absolute atomic E-state index is 15.4. The van der Waals surface area contributed by atoms with Crippen LogP contribution < -0.4 is 43.1 Å². The number of hydrogen-bond donors (Lipinski definition) is 0. The summed E-state index contributed by atoms with van der Waals surface area (Å²) in [7, 11) is 0. The number of unbranched alkanes of at least 4 members (excludes halogenated alkanes) is 18. The quantitative estimate of drug-likeness (QED) is 0.0115. The Morgan fingerprint density at radius 3 is 0.598 bits per heavy atom. The monoisotopic (exact) mass is 1300 g/mol. The van der Waals surface area contributed by atoms with Crippen molar-refractivity contribution in [3.8, 4) is 0 Å². The Kier molecular flexibility index (Phi) is 26.0. The van der Waals surface area contributed by atoms with Crippen molar-refractivity contribution in [1.82, 2.24) is 0 Å². The van der Waals surface area contributed by atoms with E-state index < -0.39 is 144 Å². The lowest BCUT2D eigenvalue weighted by molar-refractivity contribution is -0.597. The van der Waals surface area contributed by atoms with Crippen LogP contribution in [-0.4, -0.2) is 6.15 Å². The first-order chi connectivity index (χ1) is 39.0. The van der Waals surface area contributed by atoms with Crippen LogP contribution in [0.15, 0.2) is 48.5 Å². The Hall–Kier alpha value is -5.29. The molecule has 0 aliphatic heterocycles. The third-order valence-corrected chi connectivity index (χ3v) is 17.1. The number of aryl methyl sites for hydroxylation is 2. The molecule has 22 heteroatoms. The van der Waals surface area contributed by atoms with Crippen molar-refractivity contribution in [2.45, 2.75) is 155 Å². The van der Waals surface area contributed by atoms with Crippen LogP contribution in [0.2, 0.25) is 0 Å². The molecule has 0 amide bonds. The van der Waals surface area contributed by atoms with Crippen LogP contribution in [0.1, 0.15) is 153 Å². The molecule has 0 saturated carbocycles. The number of halogens is 21. The van der Waals surface area contributed by atoms with E-state index in [0.717, 1.165) is 0 Å². The van der Waals surface area contributed by atoms with E-state index in [1.54, 1.807) is 7.14 Å². The van der Waals surface area contributed by atoms with Gasteiger partial charge < -0.3 is 0 Å². The van der Waals surface area contributed by atoms with Gasteiger partial charge in [-0.15, -0.1) is 21.9 Å². The fourth-order valence-electron chi connectivity index (χ4n) is 10.1. The molecule has 6 aromatic rings. The highest BCUT2D eigenvalue weighted by Gasteiger charge is 2.52. The lowest BCUT2D eigenvalue weighted by atomic mass is 9.12. The molecular formula is C60H58BF20I. The number of benzene rings is 6. The van der Waals surface area contributed by atoms with Crippen molar-refractivity contribution in [2.75, 3.05) is 0 Å². The zero-order valence-corrected chi connectivity index (χ0v) is 46.8. The molecule has 0 nitrogen and oxygen atoms in total. The highest BCUT2D eigenvalue weighted by Crippen LogP contribution is 2.31. The first kappa shape index (κ1) is 67.5. The van der Waals surface area contributed by atoms with E-state index in [4.69, 9.17) is 0 Å². The van der Waals surface area contributed by atoms with Crippen LogP contribution in [0.25, 0.3) is 0 Å². The Bertz CT molecular complexity index is 2650. The van der Waals surface area contributed by atoms with Crippen LogP contribution >= 0.6 is 0 Å². The fraction of sp³-hybridized carbons (Fsp3) is 0.400. The molecule has 0 aliphatic rings. The van der Waals surface area contributed by atoms with Gasteiger partial charge in [0.05, 0.1) is 0 Å². The SMILES string of the molecule is CCCCCCCCCCCCc1ccc([I+]c2ccc(CCCCCCCCCCCC)cc2)cc1.Fc1c(F)c(F)c([B-](c2c(F)c(F)c(F)c(F)c2F)(c2c(F)c(F)c(F)c(F)c2F)c2c(F)c(F)c(F)c(F)c2F)c(F)c1F. The van der Waals surface area contributed by atoms with E-state index in [1.165, 1.54) is 152 Å². The predicted molar refractivity (Wildman–Crippen MR) is 271 cm³/mol. The third kappa shape index (κ3) is 15.3. The van der Waals surface area contributed by atoms with Gasteiger partial charge in [-0.05, 0) is 61.1 Å². The molecule has 6 aromatic carbocycles. The molecule has 0 aliphatic carbocycles. The molecule has 82 heavy (non-hydrogen) atoms. The first-order valence-electron chi connectivity index (χ1n) is 27.1. The summed E-state index contributed by atoms with van der Waals surface area (Å²) in [6.45, 7) is 4.60. The van der Waals surface area contributed by atoms with Crippen molar-refractivity contribution in [3.63, 3.8) is 0 Å². The topological polar surface area (TPSA) is 0 Å². The third-order valence-electron chi connectivity index (χ3n) is 14.4. The number of rotatable bonds is 28. The van der Waals surface area contributed by atoms with E-state index in [-0.39, 0.29) is 21.2 Å². The van der Waals surface area contributed by atoms with E-state index in [2.05, 4.69) is 62.4 Å². The molecule has 448 valence electrons. The fourth-order valence-corrected chi connectivity index (χ4v) is 12.2. The minimum atomic E-state index is -7.22. The average Bonchev–Trinajstić information content (AvgIpc) is 1.38. The van der Waals surface area contributed by atoms with Gasteiger partial charge in [-0.25, -0.2) is 87.8 Å². The summed E-state index contributed by atoms with van der Waals surface area (Å²) in [5.41, 5.74) is -11.3. The van der Waals surface area contributed by atoms with Gasteiger partial charge in [0.1, 0.15) is 52.7 Å². The summed E-state index contributed by atoms with van der Waals surface area (Å²) in [5, 5.41) is 0. The van der Waals surface area contributed by atoms with Crippen molar-refractivity contribution in [2.24, 2.45) is 0 Å². The minimum absolute atomic E-state index is 0.0574. The maximum Gasteiger partial charge on any atom is 0.357 e. The molecular weight excluding hydrogens is 1240 g/mol. The van der Waals surface area contributed by atoms with Crippen LogP contribution in [0, 0.1) is 123 Å². The molecule has 0 heterocycles. The zero-order valence-electron chi connectivity index (χ0n) is 44.7. The van der Waals surface area contributed by atoms with E-state index in [9.17, 15) is 52.7 Å². The standard InChI is InChI=1S/C36H58I.C24BF20/c1-3-5-7-9-11-13-15-17-19-21-23-33-25-29-35(30-26-33)37-36-31-27-34(28-32-36)24-22-20-18-16-14-12-10-8-6-4-2;26-5-1(6(27)14(35)21(42)13(5)34)25(2-7(28)15(36)22(43)16(37)8(2)29,3-9(30)17(38)23(44)18(39)10(3)31)4-11(32)19(40)24(45)20(41)12(4)33/h25-32H,3-24H2,1-2H3;/q+1;-1. The normalized spacial score (nSPS) is 11.7. The van der Waals surface area contributed by atoms with Gasteiger partial charge >= 0.3 is 21.2 Å². The van der Waals surface area contributed by atoms with Gasteiger partial charge in [-0.1, -0.05) is 154 Å². The smallest absolute Gasteiger partial charge is 0.207 e. The van der Waals surface area contributed by atoms with E-state index in [0.29, 0.717) is 0 Å². The number of hydrogen-bond acceptors (Lipinski definition) is 0. The van der Waals surface area contributed by atoms with Crippen LogP contribution in [-0.2, 0) is 12.8 Å². The molecule has 0 atom stereocenters. The van der Waals surface area contributed by atoms with Gasteiger partial charge in [-0.3, -0.25) is 0 Å². The second-order valence-electron chi connectivity index (χ2n) is 20.0. The van der Waals surface area contributed by atoms with Crippen LogP contribution in [0.5, 0.6) is 0 Å². The lowest BCUT2D eigenvalue weighted by Gasteiger charge is -2.44. The summed E-state index contributed by atoms with van der Waals surface area (Å²) >= 11 is -0.0574. The van der Waals surface area contributed by atoms with Crippen molar-refractivity contribution < 1.29 is 109 Å². The predicted octanol–water partition coefficient (Wildman–Crippen LogP) is 14.6. The van der Waals surface area contributed by atoms with E-state index in [1.807, 2.05) is 0 Å². The zero-order chi connectivity index (χ0) is 60.6. The molecule has 6 rings (SSSR count). The van der Waals surface area contributed by atoms with Crippen LogP contribution in [0.4, 0.5) is 87.8 Å². The van der Waals surface area contributed by atoms with Gasteiger partial charge in [-0.2, -0.15) is 0 Å². The average molecular weight is 1300 g/mol. The van der Waals surface area contributed by atoms with E-state index >= 15 is 35.1 Å². The molecule has 0 saturated heterocycles. The first-order valence-corrected chi connectivity index (χ1v) is 29.2. The molecule has 0 unspecified atom stereocenters. The minimum Gasteiger partial charge on any atom is -0.207 e. The van der Waals surface area contributed by atoms with Crippen molar-refractivity contribution in [1.29, 1.82) is 0 Å². The molecule has 0 radical (unpaired) electrons. The van der Waals surface area contributed by atoms with Crippen LogP contribution in [0.3, 0.4) is 0 Å². The molecule has 0 fully saturated rings. The summed E-state index contributed by atoms with van der Waals surface area (Å²) in [4.78, 5) is 0. The molecule has 0 N–H and O–H groups in total. The summed E-state index contributed by atoms with van der Waals surface area (Å²) in [6.07, 6.45) is 23.7. The molecule has 0 bridgehead atoms. The Labute approximate surface area is 473 Å². The summed E-state index contributed by atoms with van der Waals surface area (Å²) in [5.74, 6) is -71.4. The van der Waals surface area contributed by atoms with Crippen molar-refractivity contribution >= 4 is 28.0 Å². The summed E-state index contributed by atoms with van der Waals surface area (Å²) in [6, 6.07) is 19.2. The second-order valence-corrected chi connectivity index (χ2v) is 23.0. The molecule has 0 aromatic heterocycles. The van der Waals surface area contributed by atoms with Crippen molar-refractivity contribution in [3.05, 3.63) is 183 Å². The highest BCUT2D eigenvalue weighted by molar-refractivity contribution is 7.20. The van der Waals surface area contributed by atoms with Gasteiger partial charge in [0, 0.05) is 0 Å². The second kappa shape index (κ2) is 31.6. The largest absolute Gasteiger partial charge is 0.357 e. The highest BCUT2D eigenvalue weighted by atomic mass is 127. The Morgan fingerprint density at radius 1 is 0.232 bits per heavy atom. The van der Waals surface area contributed by atoms with Gasteiger partial charge in [0.25, 0.3) is 0 Å². The Morgan fingerprint density at radius 2 is 0.402 bits per heavy atom. The maximum atomic E-state index is 15.4. The Balaban J connectivity index is 0.000000307.